The third-order valence-electron chi connectivity index (χ3n) is 2.44. The van der Waals surface area contributed by atoms with Gasteiger partial charge in [0.15, 0.2) is 0 Å². The number of imidazole rings is 1. The van der Waals surface area contributed by atoms with E-state index in [9.17, 15) is 9.18 Å². The summed E-state index contributed by atoms with van der Waals surface area (Å²) >= 11 is 0. The Morgan fingerprint density at radius 1 is 1.50 bits per heavy atom. The molecule has 1 amide bonds. The minimum atomic E-state index is -0.494. The van der Waals surface area contributed by atoms with Crippen LogP contribution in [0.2, 0.25) is 0 Å². The first-order valence-electron chi connectivity index (χ1n) is 5.46. The quantitative estimate of drug-likeness (QED) is 0.808. The third-order valence-corrected chi connectivity index (χ3v) is 2.44. The summed E-state index contributed by atoms with van der Waals surface area (Å²) in [7, 11) is 0. The highest BCUT2D eigenvalue weighted by Crippen LogP contribution is 2.16. The molecule has 1 heterocycles. The van der Waals surface area contributed by atoms with Crippen molar-refractivity contribution < 1.29 is 9.18 Å². The van der Waals surface area contributed by atoms with Crippen LogP contribution in [0.25, 0.3) is 0 Å². The molecule has 3 N–H and O–H groups in total. The van der Waals surface area contributed by atoms with Gasteiger partial charge in [-0.25, -0.2) is 9.37 Å². The minimum absolute atomic E-state index is 0.0161. The largest absolute Gasteiger partial charge is 0.396 e. The summed E-state index contributed by atoms with van der Waals surface area (Å²) in [6, 6.07) is 4.09. The third kappa shape index (κ3) is 3.07. The zero-order valence-corrected chi connectivity index (χ0v) is 9.64. The standard InChI is InChI=1S/C12H13FN4O/c13-10-2-1-9(7-11(10)14)16-12(18)3-5-17-6-4-15-8-17/h1-2,4,6-8H,3,5,14H2,(H,16,18). The van der Waals surface area contributed by atoms with Crippen molar-refractivity contribution in [2.24, 2.45) is 0 Å². The number of nitrogens with zero attached hydrogens (tertiary/aromatic N) is 2. The van der Waals surface area contributed by atoms with Gasteiger partial charge in [-0.05, 0) is 18.2 Å². The second kappa shape index (κ2) is 5.31. The number of aromatic nitrogens is 2. The van der Waals surface area contributed by atoms with Gasteiger partial charge in [-0.1, -0.05) is 0 Å². The van der Waals surface area contributed by atoms with E-state index >= 15 is 0 Å². The highest BCUT2D eigenvalue weighted by molar-refractivity contribution is 5.91. The average Bonchev–Trinajstić information content (AvgIpc) is 2.84. The van der Waals surface area contributed by atoms with Gasteiger partial charge < -0.3 is 15.6 Å². The van der Waals surface area contributed by atoms with Crippen LogP contribution >= 0.6 is 0 Å². The van der Waals surface area contributed by atoms with Crippen LogP contribution in [0, 0.1) is 5.82 Å². The number of amides is 1. The fraction of sp³-hybridized carbons (Fsp3) is 0.167. The number of nitrogens with two attached hydrogens (primary N) is 1. The number of rotatable bonds is 4. The first kappa shape index (κ1) is 12.1. The van der Waals surface area contributed by atoms with Crippen LogP contribution in [-0.2, 0) is 11.3 Å². The van der Waals surface area contributed by atoms with E-state index in [-0.39, 0.29) is 11.6 Å². The van der Waals surface area contributed by atoms with Crippen LogP contribution < -0.4 is 11.1 Å². The smallest absolute Gasteiger partial charge is 0.226 e. The lowest BCUT2D eigenvalue weighted by Crippen LogP contribution is -2.14. The molecule has 0 bridgehead atoms. The van der Waals surface area contributed by atoms with Gasteiger partial charge in [-0.15, -0.1) is 0 Å². The molecule has 0 unspecified atom stereocenters. The predicted octanol–water partition coefficient (Wildman–Crippen LogP) is 1.63. The van der Waals surface area contributed by atoms with Gasteiger partial charge in [0.05, 0.1) is 12.0 Å². The van der Waals surface area contributed by atoms with Gasteiger partial charge in [-0.3, -0.25) is 4.79 Å². The fourth-order valence-corrected chi connectivity index (χ4v) is 1.49. The molecule has 0 saturated carbocycles. The van der Waals surface area contributed by atoms with Crippen molar-refractivity contribution in [3.05, 3.63) is 42.7 Å². The van der Waals surface area contributed by atoms with Crippen LogP contribution in [0.15, 0.2) is 36.9 Å². The van der Waals surface area contributed by atoms with Crippen LogP contribution in [0.1, 0.15) is 6.42 Å². The normalized spacial score (nSPS) is 10.3. The lowest BCUT2D eigenvalue weighted by molar-refractivity contribution is -0.116. The van der Waals surface area contributed by atoms with E-state index in [0.717, 1.165) is 0 Å². The summed E-state index contributed by atoms with van der Waals surface area (Å²) in [5, 5.41) is 2.65. The molecule has 6 heteroatoms. The first-order valence-corrected chi connectivity index (χ1v) is 5.46. The molecule has 0 fully saturated rings. The van der Waals surface area contributed by atoms with Crippen molar-refractivity contribution >= 4 is 17.3 Å². The number of nitrogens with one attached hydrogen (secondary N) is 1. The molecule has 18 heavy (non-hydrogen) atoms. The Labute approximate surface area is 103 Å². The molecule has 0 aliphatic heterocycles. The van der Waals surface area contributed by atoms with Crippen molar-refractivity contribution in [2.45, 2.75) is 13.0 Å². The maximum atomic E-state index is 12.9. The van der Waals surface area contributed by atoms with Crippen molar-refractivity contribution in [3.63, 3.8) is 0 Å². The molecule has 0 atom stereocenters. The van der Waals surface area contributed by atoms with Gasteiger partial charge in [0, 0.05) is 31.0 Å². The summed E-state index contributed by atoms with van der Waals surface area (Å²) in [6.45, 7) is 0.544. The van der Waals surface area contributed by atoms with E-state index < -0.39 is 5.82 Å². The Bertz CT molecular complexity index is 539. The summed E-state index contributed by atoms with van der Waals surface area (Å²) in [4.78, 5) is 15.5. The van der Waals surface area contributed by atoms with Crippen molar-refractivity contribution in [1.82, 2.24) is 9.55 Å². The molecule has 5 nitrogen and oxygen atoms in total. The topological polar surface area (TPSA) is 72.9 Å². The second-order valence-corrected chi connectivity index (χ2v) is 3.83. The Morgan fingerprint density at radius 2 is 2.33 bits per heavy atom. The Morgan fingerprint density at radius 3 is 3.00 bits per heavy atom. The van der Waals surface area contributed by atoms with E-state index in [1.165, 1.54) is 18.2 Å². The van der Waals surface area contributed by atoms with E-state index in [0.29, 0.717) is 18.7 Å². The Hall–Kier alpha value is -2.37. The molecule has 2 rings (SSSR count). The number of hydrogen-bond donors (Lipinski definition) is 2. The average molecular weight is 248 g/mol. The van der Waals surface area contributed by atoms with E-state index in [1.54, 1.807) is 23.3 Å². The van der Waals surface area contributed by atoms with Crippen LogP contribution in [-0.4, -0.2) is 15.5 Å². The number of nitrogen functional groups attached to an aromatic ring is 1. The minimum Gasteiger partial charge on any atom is -0.396 e. The van der Waals surface area contributed by atoms with Crippen molar-refractivity contribution in [3.8, 4) is 0 Å². The fourth-order valence-electron chi connectivity index (χ4n) is 1.49. The van der Waals surface area contributed by atoms with Crippen LogP contribution in [0.4, 0.5) is 15.8 Å². The summed E-state index contributed by atoms with van der Waals surface area (Å²) in [6.07, 6.45) is 5.39. The maximum absolute atomic E-state index is 12.9. The first-order chi connectivity index (χ1) is 8.65. The van der Waals surface area contributed by atoms with Crippen molar-refractivity contribution in [1.29, 1.82) is 0 Å². The van der Waals surface area contributed by atoms with Crippen LogP contribution in [0.5, 0.6) is 0 Å². The SMILES string of the molecule is Nc1cc(NC(=O)CCn2ccnc2)ccc1F. The molecule has 2 aromatic rings. The summed E-state index contributed by atoms with van der Waals surface area (Å²) < 4.78 is 14.7. The molecule has 0 aliphatic rings. The number of benzene rings is 1. The van der Waals surface area contributed by atoms with Gasteiger partial charge in [0.2, 0.25) is 5.91 Å². The highest BCUT2D eigenvalue weighted by Gasteiger charge is 2.04. The molecular weight excluding hydrogens is 235 g/mol. The van der Waals surface area contributed by atoms with Gasteiger partial charge in [0.25, 0.3) is 0 Å². The lowest BCUT2D eigenvalue weighted by atomic mass is 10.2. The lowest BCUT2D eigenvalue weighted by Gasteiger charge is -2.06. The monoisotopic (exact) mass is 248 g/mol. The zero-order valence-electron chi connectivity index (χ0n) is 9.64. The van der Waals surface area contributed by atoms with Gasteiger partial charge in [-0.2, -0.15) is 0 Å². The number of carbonyl (C=O) groups excluding carboxylic acids is 1. The zero-order chi connectivity index (χ0) is 13.0. The number of carbonyl (C=O) groups is 1. The number of hydrogen-bond acceptors (Lipinski definition) is 3. The number of aryl methyl sites for hydroxylation is 1. The molecule has 1 aromatic carbocycles. The predicted molar refractivity (Wildman–Crippen MR) is 66.3 cm³/mol. The van der Waals surface area contributed by atoms with E-state index in [2.05, 4.69) is 10.3 Å². The number of halogens is 1. The number of anilines is 2. The second-order valence-electron chi connectivity index (χ2n) is 3.83. The van der Waals surface area contributed by atoms with Gasteiger partial charge >= 0.3 is 0 Å². The molecule has 0 radical (unpaired) electrons. The molecule has 0 spiro atoms. The molecular formula is C12H13FN4O. The van der Waals surface area contributed by atoms with E-state index in [1.807, 2.05) is 0 Å². The maximum Gasteiger partial charge on any atom is 0.226 e. The molecule has 0 aliphatic carbocycles. The van der Waals surface area contributed by atoms with Crippen molar-refractivity contribution in [2.75, 3.05) is 11.1 Å². The Kier molecular flexibility index (Phi) is 3.57. The summed E-state index contributed by atoms with van der Waals surface area (Å²) in [5.41, 5.74) is 5.92. The van der Waals surface area contributed by atoms with Crippen LogP contribution in [0.3, 0.4) is 0 Å². The molecule has 94 valence electrons. The molecule has 0 saturated heterocycles. The highest BCUT2D eigenvalue weighted by atomic mass is 19.1. The molecule has 1 aromatic heterocycles. The Balaban J connectivity index is 1.88. The van der Waals surface area contributed by atoms with Gasteiger partial charge in [0.1, 0.15) is 5.82 Å². The summed E-state index contributed by atoms with van der Waals surface area (Å²) in [5.74, 6) is -0.652. The van der Waals surface area contributed by atoms with E-state index in [4.69, 9.17) is 5.73 Å².